The SMILES string of the molecule is Cc1ccc(NC(=O)CN[C@H](C)c2ccc(Cl)cc2Cl)cc1. The maximum absolute atomic E-state index is 11.9. The molecule has 2 aromatic carbocycles. The molecule has 0 saturated heterocycles. The minimum atomic E-state index is -0.0965. The van der Waals surface area contributed by atoms with E-state index in [9.17, 15) is 4.79 Å². The molecule has 0 aromatic heterocycles. The first-order valence-electron chi connectivity index (χ1n) is 7.00. The van der Waals surface area contributed by atoms with E-state index in [0.29, 0.717) is 10.0 Å². The predicted octanol–water partition coefficient (Wildman–Crippen LogP) is 4.59. The lowest BCUT2D eigenvalue weighted by molar-refractivity contribution is -0.115. The number of benzene rings is 2. The molecule has 0 bridgehead atoms. The van der Waals surface area contributed by atoms with Crippen LogP contribution in [0, 0.1) is 6.92 Å². The van der Waals surface area contributed by atoms with Crippen LogP contribution in [0.2, 0.25) is 10.0 Å². The molecule has 0 radical (unpaired) electrons. The average Bonchev–Trinajstić information content (AvgIpc) is 2.47. The number of aryl methyl sites for hydroxylation is 1. The van der Waals surface area contributed by atoms with Gasteiger partial charge in [0.25, 0.3) is 0 Å². The molecule has 0 fully saturated rings. The van der Waals surface area contributed by atoms with Crippen molar-refractivity contribution in [3.05, 3.63) is 63.6 Å². The molecule has 0 aliphatic rings. The van der Waals surface area contributed by atoms with Crippen molar-refractivity contribution in [1.82, 2.24) is 5.32 Å². The second-order valence-electron chi connectivity index (χ2n) is 5.18. The van der Waals surface area contributed by atoms with Crippen LogP contribution in [0.4, 0.5) is 5.69 Å². The highest BCUT2D eigenvalue weighted by atomic mass is 35.5. The summed E-state index contributed by atoms with van der Waals surface area (Å²) < 4.78 is 0. The Kier molecular flexibility index (Phi) is 5.83. The number of carbonyl (C=O) groups is 1. The predicted molar refractivity (Wildman–Crippen MR) is 92.7 cm³/mol. The van der Waals surface area contributed by atoms with E-state index in [1.165, 1.54) is 0 Å². The fourth-order valence-corrected chi connectivity index (χ4v) is 2.62. The normalized spacial score (nSPS) is 12.0. The Balaban J connectivity index is 1.88. The first-order chi connectivity index (χ1) is 10.5. The van der Waals surface area contributed by atoms with Crippen LogP contribution in [0.15, 0.2) is 42.5 Å². The molecule has 0 spiro atoms. The summed E-state index contributed by atoms with van der Waals surface area (Å²) in [6, 6.07) is 13.0. The van der Waals surface area contributed by atoms with Gasteiger partial charge in [0.05, 0.1) is 6.54 Å². The largest absolute Gasteiger partial charge is 0.325 e. The number of nitrogens with one attached hydrogen (secondary N) is 2. The van der Waals surface area contributed by atoms with Crippen LogP contribution < -0.4 is 10.6 Å². The van der Waals surface area contributed by atoms with Crippen molar-refractivity contribution in [2.45, 2.75) is 19.9 Å². The Hall–Kier alpha value is -1.55. The first kappa shape index (κ1) is 16.8. The van der Waals surface area contributed by atoms with Gasteiger partial charge < -0.3 is 10.6 Å². The zero-order chi connectivity index (χ0) is 16.1. The van der Waals surface area contributed by atoms with Crippen LogP contribution in [0.3, 0.4) is 0 Å². The highest BCUT2D eigenvalue weighted by Gasteiger charge is 2.11. The Morgan fingerprint density at radius 3 is 2.45 bits per heavy atom. The van der Waals surface area contributed by atoms with Gasteiger partial charge in [-0.3, -0.25) is 4.79 Å². The molecular weight excluding hydrogens is 319 g/mol. The van der Waals surface area contributed by atoms with Crippen LogP contribution in [0.25, 0.3) is 0 Å². The van der Waals surface area contributed by atoms with Crippen molar-refractivity contribution < 1.29 is 4.79 Å². The second kappa shape index (κ2) is 7.63. The fraction of sp³-hybridized carbons (Fsp3) is 0.235. The van der Waals surface area contributed by atoms with Gasteiger partial charge in [-0.15, -0.1) is 0 Å². The molecule has 22 heavy (non-hydrogen) atoms. The lowest BCUT2D eigenvalue weighted by Gasteiger charge is -2.16. The van der Waals surface area contributed by atoms with E-state index in [2.05, 4.69) is 10.6 Å². The zero-order valence-corrected chi connectivity index (χ0v) is 14.0. The minimum absolute atomic E-state index is 0.0477. The molecule has 0 saturated carbocycles. The zero-order valence-electron chi connectivity index (χ0n) is 12.5. The highest BCUT2D eigenvalue weighted by molar-refractivity contribution is 6.35. The number of halogens is 2. The van der Waals surface area contributed by atoms with Gasteiger partial charge in [-0.05, 0) is 43.7 Å². The van der Waals surface area contributed by atoms with E-state index in [1.807, 2.05) is 44.2 Å². The maximum atomic E-state index is 11.9. The summed E-state index contributed by atoms with van der Waals surface area (Å²) in [6.45, 7) is 4.16. The summed E-state index contributed by atoms with van der Waals surface area (Å²) in [4.78, 5) is 11.9. The van der Waals surface area contributed by atoms with E-state index < -0.39 is 0 Å². The molecule has 0 heterocycles. The number of carbonyl (C=O) groups excluding carboxylic acids is 1. The minimum Gasteiger partial charge on any atom is -0.325 e. The van der Waals surface area contributed by atoms with E-state index in [-0.39, 0.29) is 18.5 Å². The van der Waals surface area contributed by atoms with Gasteiger partial charge in [-0.1, -0.05) is 47.0 Å². The first-order valence-corrected chi connectivity index (χ1v) is 7.76. The fourth-order valence-electron chi connectivity index (χ4n) is 2.05. The van der Waals surface area contributed by atoms with Gasteiger partial charge in [-0.25, -0.2) is 0 Å². The molecule has 0 aliphatic heterocycles. The smallest absolute Gasteiger partial charge is 0.238 e. The van der Waals surface area contributed by atoms with Gasteiger partial charge >= 0.3 is 0 Å². The van der Waals surface area contributed by atoms with E-state index in [1.54, 1.807) is 12.1 Å². The highest BCUT2D eigenvalue weighted by Crippen LogP contribution is 2.25. The second-order valence-corrected chi connectivity index (χ2v) is 6.03. The quantitative estimate of drug-likeness (QED) is 0.838. The molecule has 0 unspecified atom stereocenters. The van der Waals surface area contributed by atoms with Crippen LogP contribution in [-0.4, -0.2) is 12.5 Å². The third-order valence-electron chi connectivity index (χ3n) is 3.33. The molecule has 3 nitrogen and oxygen atoms in total. The third-order valence-corrected chi connectivity index (χ3v) is 3.90. The number of rotatable bonds is 5. The Morgan fingerprint density at radius 2 is 1.82 bits per heavy atom. The van der Waals surface area contributed by atoms with Gasteiger partial charge in [0.15, 0.2) is 0 Å². The summed E-state index contributed by atoms with van der Waals surface area (Å²) >= 11 is 12.0. The van der Waals surface area contributed by atoms with Crippen LogP contribution in [0.1, 0.15) is 24.1 Å². The number of amides is 1. The molecule has 1 amide bonds. The van der Waals surface area contributed by atoms with Crippen molar-refractivity contribution in [3.63, 3.8) is 0 Å². The summed E-state index contributed by atoms with van der Waals surface area (Å²) in [5.74, 6) is -0.0965. The lowest BCUT2D eigenvalue weighted by Crippen LogP contribution is -2.30. The molecule has 2 N–H and O–H groups in total. The Labute approximate surface area is 140 Å². The average molecular weight is 337 g/mol. The number of hydrogen-bond acceptors (Lipinski definition) is 2. The van der Waals surface area contributed by atoms with Crippen molar-refractivity contribution >= 4 is 34.8 Å². The topological polar surface area (TPSA) is 41.1 Å². The monoisotopic (exact) mass is 336 g/mol. The summed E-state index contributed by atoms with van der Waals surface area (Å²) in [6.07, 6.45) is 0. The summed E-state index contributed by atoms with van der Waals surface area (Å²) in [5.41, 5.74) is 2.85. The summed E-state index contributed by atoms with van der Waals surface area (Å²) in [7, 11) is 0. The van der Waals surface area contributed by atoms with E-state index >= 15 is 0 Å². The Bertz CT molecular complexity index is 656. The van der Waals surface area contributed by atoms with Crippen molar-refractivity contribution in [2.24, 2.45) is 0 Å². The van der Waals surface area contributed by atoms with Crippen molar-refractivity contribution in [1.29, 1.82) is 0 Å². The molecule has 5 heteroatoms. The Morgan fingerprint density at radius 1 is 1.14 bits per heavy atom. The van der Waals surface area contributed by atoms with Crippen LogP contribution in [-0.2, 0) is 4.79 Å². The maximum Gasteiger partial charge on any atom is 0.238 e. The summed E-state index contributed by atoms with van der Waals surface area (Å²) in [5, 5.41) is 7.18. The van der Waals surface area contributed by atoms with Gasteiger partial charge in [0.1, 0.15) is 0 Å². The van der Waals surface area contributed by atoms with Crippen LogP contribution >= 0.6 is 23.2 Å². The van der Waals surface area contributed by atoms with Crippen molar-refractivity contribution in [2.75, 3.05) is 11.9 Å². The third kappa shape index (κ3) is 4.73. The van der Waals surface area contributed by atoms with E-state index in [0.717, 1.165) is 16.8 Å². The molecular formula is C17H18Cl2N2O. The molecule has 116 valence electrons. The molecule has 0 aliphatic carbocycles. The van der Waals surface area contributed by atoms with Crippen LogP contribution in [0.5, 0.6) is 0 Å². The standard InChI is InChI=1S/C17H18Cl2N2O/c1-11-3-6-14(7-4-11)21-17(22)10-20-12(2)15-8-5-13(18)9-16(15)19/h3-9,12,20H,10H2,1-2H3,(H,21,22)/t12-/m1/s1. The molecule has 1 atom stereocenters. The molecule has 2 rings (SSSR count). The van der Waals surface area contributed by atoms with Gasteiger partial charge in [0.2, 0.25) is 5.91 Å². The number of hydrogen-bond donors (Lipinski definition) is 2. The molecule has 2 aromatic rings. The van der Waals surface area contributed by atoms with Crippen molar-refractivity contribution in [3.8, 4) is 0 Å². The van der Waals surface area contributed by atoms with Gasteiger partial charge in [-0.2, -0.15) is 0 Å². The van der Waals surface area contributed by atoms with E-state index in [4.69, 9.17) is 23.2 Å². The number of anilines is 1. The lowest BCUT2D eigenvalue weighted by atomic mass is 10.1. The van der Waals surface area contributed by atoms with Gasteiger partial charge in [0, 0.05) is 21.8 Å².